The van der Waals surface area contributed by atoms with Crippen molar-refractivity contribution in [1.29, 1.82) is 0 Å². The number of halogens is 4. The maximum Gasteiger partial charge on any atom is 0.416 e. The molecule has 0 saturated carbocycles. The van der Waals surface area contributed by atoms with Crippen molar-refractivity contribution in [3.8, 4) is 11.5 Å². The van der Waals surface area contributed by atoms with Gasteiger partial charge in [0.1, 0.15) is 18.1 Å². The van der Waals surface area contributed by atoms with Crippen LogP contribution in [0.25, 0.3) is 0 Å². The van der Waals surface area contributed by atoms with Gasteiger partial charge in [-0.3, -0.25) is 0 Å². The van der Waals surface area contributed by atoms with Crippen LogP contribution in [0.3, 0.4) is 0 Å². The Morgan fingerprint density at radius 1 is 1.10 bits per heavy atom. The Labute approximate surface area is 182 Å². The number of esters is 1. The Bertz CT molecular complexity index is 870. The first-order valence-electron chi connectivity index (χ1n) is 8.86. The van der Waals surface area contributed by atoms with E-state index >= 15 is 0 Å². The van der Waals surface area contributed by atoms with Crippen LogP contribution in [0.15, 0.2) is 59.5 Å². The predicted octanol–water partition coefficient (Wildman–Crippen LogP) is 6.03. The third-order valence-corrected chi connectivity index (χ3v) is 5.06. The van der Waals surface area contributed by atoms with Crippen LogP contribution in [0.1, 0.15) is 12.5 Å². The van der Waals surface area contributed by atoms with Gasteiger partial charge in [0.05, 0.1) is 17.2 Å². The van der Waals surface area contributed by atoms with E-state index in [1.165, 1.54) is 23.9 Å². The molecule has 0 radical (unpaired) electrons. The van der Waals surface area contributed by atoms with Crippen LogP contribution >= 0.6 is 23.4 Å². The quantitative estimate of drug-likeness (QED) is 0.246. The van der Waals surface area contributed by atoms with Crippen molar-refractivity contribution in [1.82, 2.24) is 0 Å². The third-order valence-electron chi connectivity index (χ3n) is 3.62. The normalized spacial score (nSPS) is 11.1. The van der Waals surface area contributed by atoms with Gasteiger partial charge in [0.25, 0.3) is 0 Å². The highest BCUT2D eigenvalue weighted by atomic mass is 35.5. The molecule has 2 rings (SSSR count). The highest BCUT2D eigenvalue weighted by Gasteiger charge is 2.30. The molecule has 0 heterocycles. The maximum absolute atomic E-state index is 12.6. The summed E-state index contributed by atoms with van der Waals surface area (Å²) >= 11 is 7.64. The lowest BCUT2D eigenvalue weighted by atomic mass is 10.2. The lowest BCUT2D eigenvalue weighted by Gasteiger charge is -2.11. The van der Waals surface area contributed by atoms with Crippen molar-refractivity contribution in [2.75, 3.05) is 25.6 Å². The zero-order valence-electron chi connectivity index (χ0n) is 16.1. The molecule has 0 aliphatic carbocycles. The second kappa shape index (κ2) is 11.2. The largest absolute Gasteiger partial charge is 0.489 e. The number of carbonyl (C=O) groups excluding carboxylic acids is 1. The summed E-state index contributed by atoms with van der Waals surface area (Å²) in [4.78, 5) is 12.2. The van der Waals surface area contributed by atoms with Crippen LogP contribution in [0.5, 0.6) is 11.5 Å². The number of rotatable bonds is 10. The van der Waals surface area contributed by atoms with Gasteiger partial charge < -0.3 is 14.2 Å². The summed E-state index contributed by atoms with van der Waals surface area (Å²) in [6.07, 6.45) is -4.38. The summed E-state index contributed by atoms with van der Waals surface area (Å²) in [5.74, 6) is 0.759. The summed E-state index contributed by atoms with van der Waals surface area (Å²) in [6.45, 7) is 5.85. The summed E-state index contributed by atoms with van der Waals surface area (Å²) < 4.78 is 53.3. The topological polar surface area (TPSA) is 44.8 Å². The molecular weight excluding hydrogens is 441 g/mol. The van der Waals surface area contributed by atoms with Crippen LogP contribution in [-0.2, 0) is 15.7 Å². The zero-order chi connectivity index (χ0) is 22.1. The van der Waals surface area contributed by atoms with Gasteiger partial charge in [-0.1, -0.05) is 18.2 Å². The lowest BCUT2D eigenvalue weighted by Crippen LogP contribution is -2.14. The molecule has 4 nitrogen and oxygen atoms in total. The molecule has 2 aromatic carbocycles. The van der Waals surface area contributed by atoms with Crippen LogP contribution in [0, 0.1) is 0 Å². The molecule has 162 valence electrons. The van der Waals surface area contributed by atoms with Crippen molar-refractivity contribution in [3.63, 3.8) is 0 Å². The molecule has 0 aliphatic rings. The fourth-order valence-electron chi connectivity index (χ4n) is 2.18. The number of alkyl halides is 3. The Balaban J connectivity index is 1.79. The van der Waals surface area contributed by atoms with Gasteiger partial charge in [-0.05, 0) is 55.0 Å². The Hall–Kier alpha value is -2.32. The first kappa shape index (κ1) is 24.0. The van der Waals surface area contributed by atoms with E-state index in [2.05, 4.69) is 6.58 Å². The van der Waals surface area contributed by atoms with E-state index in [-0.39, 0.29) is 19.8 Å². The molecule has 0 bridgehead atoms. The van der Waals surface area contributed by atoms with Gasteiger partial charge in [-0.15, -0.1) is 11.8 Å². The van der Waals surface area contributed by atoms with Gasteiger partial charge in [0.2, 0.25) is 0 Å². The Morgan fingerprint density at radius 2 is 1.80 bits per heavy atom. The summed E-state index contributed by atoms with van der Waals surface area (Å²) in [5, 5.41) is 0.357. The zero-order valence-corrected chi connectivity index (χ0v) is 17.7. The maximum atomic E-state index is 12.6. The Morgan fingerprint density at radius 3 is 2.40 bits per heavy atom. The molecule has 2 aromatic rings. The van der Waals surface area contributed by atoms with Crippen LogP contribution in [0.4, 0.5) is 13.2 Å². The van der Waals surface area contributed by atoms with Gasteiger partial charge in [0.15, 0.2) is 6.61 Å². The number of hydrogen-bond donors (Lipinski definition) is 0. The van der Waals surface area contributed by atoms with Crippen LogP contribution < -0.4 is 9.47 Å². The SMILES string of the molecule is C=C(COc1ccc(C(F)(F)F)cc1)CSc1ccc(OCC(=O)OCC)c(Cl)c1. The predicted molar refractivity (Wildman–Crippen MR) is 110 cm³/mol. The van der Waals surface area contributed by atoms with Gasteiger partial charge in [-0.25, -0.2) is 4.79 Å². The lowest BCUT2D eigenvalue weighted by molar-refractivity contribution is -0.145. The number of ether oxygens (including phenoxy) is 3. The fraction of sp³-hybridized carbons (Fsp3) is 0.286. The van der Waals surface area contributed by atoms with E-state index in [1.54, 1.807) is 25.1 Å². The average molecular weight is 461 g/mol. The van der Waals surface area contributed by atoms with E-state index in [9.17, 15) is 18.0 Å². The fourth-order valence-corrected chi connectivity index (χ4v) is 3.30. The number of hydrogen-bond acceptors (Lipinski definition) is 5. The molecule has 9 heteroatoms. The summed E-state index contributed by atoms with van der Waals surface area (Å²) in [5.41, 5.74) is 0.0226. The molecule has 0 aliphatic heterocycles. The Kier molecular flexibility index (Phi) is 8.92. The summed E-state index contributed by atoms with van der Waals surface area (Å²) in [7, 11) is 0. The molecule has 0 N–H and O–H groups in total. The minimum absolute atomic E-state index is 0.173. The van der Waals surface area contributed by atoms with Crippen molar-refractivity contribution >= 4 is 29.3 Å². The van der Waals surface area contributed by atoms with Crippen molar-refractivity contribution in [2.24, 2.45) is 0 Å². The van der Waals surface area contributed by atoms with Crippen molar-refractivity contribution in [3.05, 3.63) is 65.2 Å². The van der Waals surface area contributed by atoms with E-state index < -0.39 is 17.7 Å². The van der Waals surface area contributed by atoms with E-state index in [4.69, 9.17) is 25.8 Å². The molecule has 0 unspecified atom stereocenters. The molecule has 0 spiro atoms. The van der Waals surface area contributed by atoms with Crippen LogP contribution in [0.2, 0.25) is 5.02 Å². The molecule has 30 heavy (non-hydrogen) atoms. The first-order valence-corrected chi connectivity index (χ1v) is 10.2. The monoisotopic (exact) mass is 460 g/mol. The average Bonchev–Trinajstić information content (AvgIpc) is 2.70. The van der Waals surface area contributed by atoms with Crippen LogP contribution in [-0.4, -0.2) is 31.5 Å². The summed E-state index contributed by atoms with van der Waals surface area (Å²) in [6, 6.07) is 9.65. The first-order chi connectivity index (χ1) is 14.2. The molecular formula is C21H20ClF3O4S. The molecule has 0 aromatic heterocycles. The van der Waals surface area contributed by atoms with E-state index in [0.717, 1.165) is 22.6 Å². The molecule has 0 fully saturated rings. The minimum Gasteiger partial charge on any atom is -0.489 e. The highest BCUT2D eigenvalue weighted by Crippen LogP contribution is 2.32. The third kappa shape index (κ3) is 7.84. The van der Waals surface area contributed by atoms with Crippen molar-refractivity contribution < 1.29 is 32.2 Å². The molecule has 0 amide bonds. The van der Waals surface area contributed by atoms with E-state index in [0.29, 0.717) is 22.3 Å². The number of carbonyl (C=O) groups is 1. The van der Waals surface area contributed by atoms with Gasteiger partial charge in [-0.2, -0.15) is 13.2 Å². The second-order valence-corrected chi connectivity index (χ2v) is 7.49. The smallest absolute Gasteiger partial charge is 0.416 e. The van der Waals surface area contributed by atoms with Gasteiger partial charge in [0, 0.05) is 10.6 Å². The molecule has 0 atom stereocenters. The van der Waals surface area contributed by atoms with Gasteiger partial charge >= 0.3 is 12.1 Å². The van der Waals surface area contributed by atoms with Crippen molar-refractivity contribution in [2.45, 2.75) is 18.0 Å². The standard InChI is InChI=1S/C21H20ClF3O4S/c1-3-27-20(26)12-29-19-9-8-17(10-18(19)22)30-13-14(2)11-28-16-6-4-15(5-7-16)21(23,24)25/h4-10H,2-3,11-13H2,1H3. The van der Waals surface area contributed by atoms with E-state index in [1.807, 2.05) is 0 Å². The minimum atomic E-state index is -4.38. The molecule has 0 saturated heterocycles. The number of benzene rings is 2. The second-order valence-electron chi connectivity index (χ2n) is 6.04. The highest BCUT2D eigenvalue weighted by molar-refractivity contribution is 7.99. The number of thioether (sulfide) groups is 1.